The topological polar surface area (TPSA) is 96.9 Å². The first-order chi connectivity index (χ1) is 21.9. The summed E-state index contributed by atoms with van der Waals surface area (Å²) in [4.78, 5) is 17.8. The van der Waals surface area contributed by atoms with Crippen LogP contribution < -0.4 is 0 Å². The Hall–Kier alpha value is -3.17. The van der Waals surface area contributed by atoms with Gasteiger partial charge in [-0.25, -0.2) is 9.79 Å². The molecule has 2 rings (SSSR count). The SMILES string of the molecule is C/C=C(\N=C/C(=C(C)CC)C(C)(C)O)N(CC1CC(C)CC(C)(C)C1)C(=O)O.C/C=C\CC.CCCC.Cc1ccc(C#N)cc1C. The van der Waals surface area contributed by atoms with Crippen LogP contribution >= 0.6 is 0 Å². The van der Waals surface area contributed by atoms with Crippen LogP contribution in [0.15, 0.2) is 58.4 Å². The van der Waals surface area contributed by atoms with Crippen molar-refractivity contribution in [3.63, 3.8) is 0 Å². The van der Waals surface area contributed by atoms with Gasteiger partial charge in [0.1, 0.15) is 5.82 Å². The number of aliphatic imine (C=N–C) groups is 1. The van der Waals surface area contributed by atoms with E-state index in [2.05, 4.69) is 64.8 Å². The summed E-state index contributed by atoms with van der Waals surface area (Å²) in [6, 6.07) is 7.79. The highest BCUT2D eigenvalue weighted by Crippen LogP contribution is 2.42. The van der Waals surface area contributed by atoms with E-state index in [9.17, 15) is 15.0 Å². The molecule has 266 valence electrons. The summed E-state index contributed by atoms with van der Waals surface area (Å²) in [6.45, 7) is 29.1. The van der Waals surface area contributed by atoms with Crippen molar-refractivity contribution >= 4 is 12.3 Å². The molecule has 47 heavy (non-hydrogen) atoms. The Labute approximate surface area is 289 Å². The van der Waals surface area contributed by atoms with Crippen molar-refractivity contribution in [1.29, 1.82) is 5.26 Å². The fourth-order valence-electron chi connectivity index (χ4n) is 5.67. The predicted octanol–water partition coefficient (Wildman–Crippen LogP) is 11.8. The fourth-order valence-corrected chi connectivity index (χ4v) is 5.67. The lowest BCUT2D eigenvalue weighted by molar-refractivity contribution is 0.100. The first-order valence-electron chi connectivity index (χ1n) is 17.6. The van der Waals surface area contributed by atoms with Gasteiger partial charge in [-0.2, -0.15) is 5.26 Å². The number of carboxylic acid groups (broad SMARTS) is 1. The summed E-state index contributed by atoms with van der Waals surface area (Å²) in [7, 11) is 0. The Bertz CT molecular complexity index is 1210. The van der Waals surface area contributed by atoms with Gasteiger partial charge >= 0.3 is 6.09 Å². The number of carbonyl (C=O) groups is 1. The number of hydrogen-bond donors (Lipinski definition) is 2. The van der Waals surface area contributed by atoms with Gasteiger partial charge < -0.3 is 10.2 Å². The molecule has 1 saturated carbocycles. The highest BCUT2D eigenvalue weighted by Gasteiger charge is 2.34. The number of aryl methyl sites for hydroxylation is 2. The van der Waals surface area contributed by atoms with E-state index in [0.29, 0.717) is 24.2 Å². The lowest BCUT2D eigenvalue weighted by atomic mass is 9.68. The van der Waals surface area contributed by atoms with Crippen LogP contribution in [0.25, 0.3) is 0 Å². The summed E-state index contributed by atoms with van der Waals surface area (Å²) < 4.78 is 0. The highest BCUT2D eigenvalue weighted by atomic mass is 16.4. The molecule has 0 radical (unpaired) electrons. The molecule has 2 N–H and O–H groups in total. The Kier molecular flexibility index (Phi) is 23.5. The van der Waals surface area contributed by atoms with E-state index >= 15 is 0 Å². The molecule has 6 heteroatoms. The Balaban J connectivity index is 0. The average Bonchev–Trinajstić information content (AvgIpc) is 2.99. The van der Waals surface area contributed by atoms with Gasteiger partial charge in [-0.15, -0.1) is 0 Å². The van der Waals surface area contributed by atoms with Crippen molar-refractivity contribution in [3.05, 3.63) is 70.1 Å². The summed E-state index contributed by atoms with van der Waals surface area (Å²) in [5, 5.41) is 28.8. The maximum atomic E-state index is 12.0. The second-order valence-corrected chi connectivity index (χ2v) is 14.1. The minimum Gasteiger partial charge on any atom is -0.465 e. The highest BCUT2D eigenvalue weighted by molar-refractivity contribution is 5.83. The van der Waals surface area contributed by atoms with E-state index in [1.165, 1.54) is 35.3 Å². The molecule has 0 bridgehead atoms. The summed E-state index contributed by atoms with van der Waals surface area (Å²) in [5.41, 5.74) is 4.13. The molecule has 0 aromatic heterocycles. The van der Waals surface area contributed by atoms with Crippen molar-refractivity contribution in [3.8, 4) is 6.07 Å². The van der Waals surface area contributed by atoms with Gasteiger partial charge in [0.2, 0.25) is 0 Å². The summed E-state index contributed by atoms with van der Waals surface area (Å²) in [5.74, 6) is 1.33. The number of unbranched alkanes of at least 4 members (excludes halogenated alkanes) is 1. The molecule has 1 aliphatic rings. The normalized spacial score (nSPS) is 18.0. The molecule has 0 spiro atoms. The van der Waals surface area contributed by atoms with Gasteiger partial charge in [-0.3, -0.25) is 4.90 Å². The molecule has 1 aromatic carbocycles. The lowest BCUT2D eigenvalue weighted by Crippen LogP contribution is -2.38. The Morgan fingerprint density at radius 2 is 1.70 bits per heavy atom. The van der Waals surface area contributed by atoms with Gasteiger partial charge in [0.25, 0.3) is 0 Å². The molecule has 1 aliphatic carbocycles. The smallest absolute Gasteiger partial charge is 0.413 e. The molecule has 6 nitrogen and oxygen atoms in total. The number of hydrogen-bond acceptors (Lipinski definition) is 4. The van der Waals surface area contributed by atoms with Crippen LogP contribution in [-0.2, 0) is 0 Å². The number of aliphatic hydroxyl groups is 1. The molecule has 2 unspecified atom stereocenters. The zero-order chi connectivity index (χ0) is 36.8. The van der Waals surface area contributed by atoms with E-state index < -0.39 is 11.7 Å². The van der Waals surface area contributed by atoms with E-state index in [1.807, 2.05) is 52.8 Å². The third-order valence-corrected chi connectivity index (χ3v) is 8.27. The quantitative estimate of drug-likeness (QED) is 0.205. The molecule has 2 atom stereocenters. The number of allylic oxidation sites excluding steroid dienone is 4. The van der Waals surface area contributed by atoms with Crippen LogP contribution in [0.1, 0.15) is 145 Å². The number of amides is 1. The van der Waals surface area contributed by atoms with Gasteiger partial charge in [-0.1, -0.05) is 85.1 Å². The molecule has 0 saturated heterocycles. The molecule has 1 aromatic rings. The summed E-state index contributed by atoms with van der Waals surface area (Å²) in [6.07, 6.45) is 14.4. The second kappa shape index (κ2) is 24.0. The fraction of sp³-hybridized carbons (Fsp3) is 0.634. The zero-order valence-electron chi connectivity index (χ0n) is 32.5. The van der Waals surface area contributed by atoms with Gasteiger partial charge in [0.15, 0.2) is 0 Å². The molecule has 0 heterocycles. The van der Waals surface area contributed by atoms with Crippen molar-refractivity contribution in [2.24, 2.45) is 22.2 Å². The number of benzene rings is 1. The molecule has 0 aliphatic heterocycles. The molecular formula is C41H69N3O3. The van der Waals surface area contributed by atoms with E-state index in [-0.39, 0.29) is 5.41 Å². The maximum absolute atomic E-state index is 12.0. The van der Waals surface area contributed by atoms with Crippen LogP contribution in [0, 0.1) is 42.4 Å². The van der Waals surface area contributed by atoms with Crippen LogP contribution in [0.4, 0.5) is 4.79 Å². The second-order valence-electron chi connectivity index (χ2n) is 14.1. The third kappa shape index (κ3) is 19.9. The number of nitriles is 1. The molecule has 1 fully saturated rings. The van der Waals surface area contributed by atoms with E-state index in [0.717, 1.165) is 42.4 Å². The van der Waals surface area contributed by atoms with E-state index in [1.54, 1.807) is 33.1 Å². The van der Waals surface area contributed by atoms with Crippen LogP contribution in [-0.4, -0.2) is 39.6 Å². The number of rotatable bonds is 9. The monoisotopic (exact) mass is 652 g/mol. The van der Waals surface area contributed by atoms with Gasteiger partial charge in [0, 0.05) is 18.3 Å². The molecular weight excluding hydrogens is 582 g/mol. The predicted molar refractivity (Wildman–Crippen MR) is 203 cm³/mol. The molecule has 1 amide bonds. The minimum absolute atomic E-state index is 0.237. The van der Waals surface area contributed by atoms with E-state index in [4.69, 9.17) is 5.26 Å². The van der Waals surface area contributed by atoms with Crippen molar-refractivity contribution in [2.45, 2.75) is 147 Å². The Morgan fingerprint density at radius 1 is 1.11 bits per heavy atom. The van der Waals surface area contributed by atoms with Crippen molar-refractivity contribution < 1.29 is 15.0 Å². The van der Waals surface area contributed by atoms with Gasteiger partial charge in [-0.05, 0) is 127 Å². The largest absolute Gasteiger partial charge is 0.465 e. The Morgan fingerprint density at radius 3 is 2.06 bits per heavy atom. The summed E-state index contributed by atoms with van der Waals surface area (Å²) >= 11 is 0. The van der Waals surface area contributed by atoms with Crippen molar-refractivity contribution in [1.82, 2.24) is 4.90 Å². The maximum Gasteiger partial charge on any atom is 0.413 e. The van der Waals surface area contributed by atoms with Crippen LogP contribution in [0.2, 0.25) is 0 Å². The standard InChI is InChI=1S/C23H40N2O3.C9H9N.C5H10.C4H10/c1-9-17(4)19(23(7,8)28)14-24-20(10-2)25(21(26)27)15-18-11-16(3)12-22(5,6)13-18;1-7-3-4-9(6-10)5-8(7)2;1-3-5-4-2;1-3-4-2/h10,14,16,18,28H,9,11-13,15H2,1-8H3,(H,26,27);3-5H,1-2H3;3,5H,4H2,1-2H3;3-4H2,1-2H3/b19-17?,20-10+,24-14-;;5-3-;. The zero-order valence-corrected chi connectivity index (χ0v) is 32.5. The third-order valence-electron chi connectivity index (χ3n) is 8.27. The first kappa shape index (κ1) is 46.0. The van der Waals surface area contributed by atoms with Crippen molar-refractivity contribution in [2.75, 3.05) is 6.54 Å². The number of nitrogens with zero attached hydrogens (tertiary/aromatic N) is 3. The lowest BCUT2D eigenvalue weighted by Gasteiger charge is -2.40. The minimum atomic E-state index is -1.03. The average molecular weight is 652 g/mol. The van der Waals surface area contributed by atoms with Crippen LogP contribution in [0.5, 0.6) is 0 Å². The van der Waals surface area contributed by atoms with Crippen LogP contribution in [0.3, 0.4) is 0 Å². The first-order valence-corrected chi connectivity index (χ1v) is 17.6. The van der Waals surface area contributed by atoms with Gasteiger partial charge in [0.05, 0.1) is 17.2 Å².